The normalized spacial score (nSPS) is 11.1. The topological polar surface area (TPSA) is 56.5 Å². The highest BCUT2D eigenvalue weighted by Gasteiger charge is 1.94. The first-order chi connectivity index (χ1) is 7.76. The lowest BCUT2D eigenvalue weighted by molar-refractivity contribution is 0.490. The Labute approximate surface area is 94.1 Å². The molecule has 1 rings (SSSR count). The van der Waals surface area contributed by atoms with Crippen LogP contribution in [-0.4, -0.2) is 24.6 Å². The fraction of sp³-hybridized carbons (Fsp3) is 0.0833. The fourth-order valence-corrected chi connectivity index (χ4v) is 0.995. The Morgan fingerprint density at radius 2 is 2.12 bits per heavy atom. The van der Waals surface area contributed by atoms with Gasteiger partial charge in [0.25, 0.3) is 0 Å². The van der Waals surface area contributed by atoms with Crippen LogP contribution in [-0.2, 0) is 4.79 Å². The van der Waals surface area contributed by atoms with Gasteiger partial charge in [0, 0.05) is 13.2 Å². The Morgan fingerprint density at radius 3 is 2.69 bits per heavy atom. The van der Waals surface area contributed by atoms with Gasteiger partial charge in [-0.1, -0.05) is 30.3 Å². The molecule has 0 atom stereocenters. The van der Waals surface area contributed by atoms with Gasteiger partial charge in [-0.15, -0.1) is 0 Å². The molecule has 0 N–H and O–H groups in total. The van der Waals surface area contributed by atoms with Gasteiger partial charge in [-0.25, -0.2) is 0 Å². The Bertz CT molecular complexity index is 443. The SMILES string of the molecule is CN(C=C([C]=O)C#N)N=Cc1ccccc1. The summed E-state index contributed by atoms with van der Waals surface area (Å²) in [6.45, 7) is 0. The van der Waals surface area contributed by atoms with Crippen molar-refractivity contribution < 1.29 is 4.79 Å². The number of nitrogens with zero attached hydrogens (tertiary/aromatic N) is 3. The summed E-state index contributed by atoms with van der Waals surface area (Å²) < 4.78 is 0. The van der Waals surface area contributed by atoms with Crippen LogP contribution in [0.2, 0.25) is 0 Å². The van der Waals surface area contributed by atoms with Gasteiger partial charge in [-0.2, -0.15) is 10.4 Å². The van der Waals surface area contributed by atoms with Gasteiger partial charge in [0.1, 0.15) is 11.6 Å². The standard InChI is InChI=1S/C12H10N3O/c1-15(9-12(7-13)10-16)14-8-11-5-3-2-4-6-11/h2-6,8-9H,1H3. The van der Waals surface area contributed by atoms with E-state index < -0.39 is 0 Å². The molecule has 4 heteroatoms. The first-order valence-corrected chi connectivity index (χ1v) is 4.58. The maximum absolute atomic E-state index is 10.3. The van der Waals surface area contributed by atoms with Gasteiger partial charge in [0.05, 0.1) is 6.21 Å². The van der Waals surface area contributed by atoms with Crippen molar-refractivity contribution in [2.24, 2.45) is 5.10 Å². The first-order valence-electron chi connectivity index (χ1n) is 4.58. The first kappa shape index (κ1) is 11.7. The molecule has 4 nitrogen and oxygen atoms in total. The van der Waals surface area contributed by atoms with Crippen LogP contribution in [0.25, 0.3) is 0 Å². The highest BCUT2D eigenvalue weighted by atomic mass is 16.1. The zero-order valence-electron chi connectivity index (χ0n) is 8.79. The zero-order chi connectivity index (χ0) is 11.8. The molecule has 0 aliphatic carbocycles. The Balaban J connectivity index is 2.69. The average molecular weight is 212 g/mol. The van der Waals surface area contributed by atoms with Crippen molar-refractivity contribution in [3.8, 4) is 6.07 Å². The summed E-state index contributed by atoms with van der Waals surface area (Å²) in [5.74, 6) is 0. The van der Waals surface area contributed by atoms with E-state index in [9.17, 15) is 4.79 Å². The third-order valence-electron chi connectivity index (χ3n) is 1.73. The van der Waals surface area contributed by atoms with Gasteiger partial charge in [-0.3, -0.25) is 9.80 Å². The predicted molar refractivity (Wildman–Crippen MR) is 61.2 cm³/mol. The molecular formula is C12H10N3O. The van der Waals surface area contributed by atoms with Crippen LogP contribution in [0.1, 0.15) is 5.56 Å². The minimum atomic E-state index is -0.0901. The van der Waals surface area contributed by atoms with Crippen molar-refractivity contribution in [2.45, 2.75) is 0 Å². The van der Waals surface area contributed by atoms with Gasteiger partial charge in [0.15, 0.2) is 0 Å². The summed E-state index contributed by atoms with van der Waals surface area (Å²) in [7, 11) is 1.63. The van der Waals surface area contributed by atoms with Crippen molar-refractivity contribution >= 4 is 12.5 Å². The number of carbonyl (C=O) groups excluding carboxylic acids is 1. The molecule has 16 heavy (non-hydrogen) atoms. The van der Waals surface area contributed by atoms with E-state index >= 15 is 0 Å². The quantitative estimate of drug-likeness (QED) is 0.328. The third kappa shape index (κ3) is 3.76. The minimum Gasteiger partial charge on any atom is -0.284 e. The molecule has 0 saturated carbocycles. The van der Waals surface area contributed by atoms with Crippen molar-refractivity contribution in [2.75, 3.05) is 7.05 Å². The monoisotopic (exact) mass is 212 g/mol. The third-order valence-corrected chi connectivity index (χ3v) is 1.73. The van der Waals surface area contributed by atoms with Gasteiger partial charge in [0.2, 0.25) is 6.29 Å². The molecule has 1 aromatic rings. The molecule has 0 unspecified atom stereocenters. The molecule has 0 fully saturated rings. The van der Waals surface area contributed by atoms with Crippen LogP contribution in [0, 0.1) is 11.3 Å². The molecule has 0 spiro atoms. The van der Waals surface area contributed by atoms with E-state index in [1.807, 2.05) is 30.3 Å². The lowest BCUT2D eigenvalue weighted by atomic mass is 10.2. The lowest BCUT2D eigenvalue weighted by Gasteiger charge is -2.04. The van der Waals surface area contributed by atoms with Crippen molar-refractivity contribution in [3.63, 3.8) is 0 Å². The number of hydrogen-bond donors (Lipinski definition) is 0. The molecule has 0 saturated heterocycles. The molecule has 1 radical (unpaired) electrons. The maximum Gasteiger partial charge on any atom is 0.246 e. The number of nitriles is 1. The van der Waals surface area contributed by atoms with Crippen LogP contribution in [0.15, 0.2) is 47.2 Å². The molecule has 0 heterocycles. The van der Waals surface area contributed by atoms with E-state index in [0.717, 1.165) is 5.56 Å². The van der Waals surface area contributed by atoms with E-state index in [1.165, 1.54) is 17.5 Å². The van der Waals surface area contributed by atoms with Gasteiger partial charge >= 0.3 is 0 Å². The van der Waals surface area contributed by atoms with E-state index in [-0.39, 0.29) is 5.57 Å². The van der Waals surface area contributed by atoms with Crippen molar-refractivity contribution in [1.82, 2.24) is 5.01 Å². The molecule has 0 aliphatic rings. The lowest BCUT2D eigenvalue weighted by Crippen LogP contribution is -2.03. The maximum atomic E-state index is 10.3. The highest BCUT2D eigenvalue weighted by Crippen LogP contribution is 1.96. The number of allylic oxidation sites excluding steroid dienone is 1. The molecule has 0 amide bonds. The zero-order valence-corrected chi connectivity index (χ0v) is 8.79. The summed E-state index contributed by atoms with van der Waals surface area (Å²) in [5.41, 5.74) is 0.851. The van der Waals surface area contributed by atoms with Crippen molar-refractivity contribution in [3.05, 3.63) is 47.7 Å². The average Bonchev–Trinajstić information content (AvgIpc) is 2.34. The van der Waals surface area contributed by atoms with E-state index in [4.69, 9.17) is 5.26 Å². The summed E-state index contributed by atoms with van der Waals surface area (Å²) in [4.78, 5) is 10.3. The minimum absolute atomic E-state index is 0.0901. The van der Waals surface area contributed by atoms with Crippen molar-refractivity contribution in [1.29, 1.82) is 5.26 Å². The van der Waals surface area contributed by atoms with Gasteiger partial charge < -0.3 is 0 Å². The number of benzene rings is 1. The largest absolute Gasteiger partial charge is 0.284 e. The van der Waals surface area contributed by atoms with Gasteiger partial charge in [-0.05, 0) is 5.56 Å². The second kappa shape index (κ2) is 6.14. The Hall–Kier alpha value is -2.41. The summed E-state index contributed by atoms with van der Waals surface area (Å²) in [6, 6.07) is 11.2. The van der Waals surface area contributed by atoms with Crippen LogP contribution in [0.4, 0.5) is 0 Å². The highest BCUT2D eigenvalue weighted by molar-refractivity contribution is 5.80. The number of rotatable bonds is 4. The van der Waals surface area contributed by atoms with Crippen LogP contribution < -0.4 is 0 Å². The summed E-state index contributed by atoms with van der Waals surface area (Å²) in [6.07, 6.45) is 4.46. The van der Waals surface area contributed by atoms with Crippen LogP contribution in [0.5, 0.6) is 0 Å². The molecule has 0 aromatic heterocycles. The molecule has 1 aromatic carbocycles. The van der Waals surface area contributed by atoms with E-state index in [1.54, 1.807) is 19.3 Å². The molecule has 0 aliphatic heterocycles. The van der Waals surface area contributed by atoms with Crippen LogP contribution >= 0.6 is 0 Å². The Kier molecular flexibility index (Phi) is 4.48. The summed E-state index contributed by atoms with van der Waals surface area (Å²) >= 11 is 0. The number of hydrazone groups is 1. The fourth-order valence-electron chi connectivity index (χ4n) is 0.995. The predicted octanol–water partition coefficient (Wildman–Crippen LogP) is 1.47. The van der Waals surface area contributed by atoms with E-state index in [2.05, 4.69) is 5.10 Å². The second-order valence-corrected chi connectivity index (χ2v) is 2.99. The molecular weight excluding hydrogens is 202 g/mol. The smallest absolute Gasteiger partial charge is 0.246 e. The molecule has 79 valence electrons. The second-order valence-electron chi connectivity index (χ2n) is 2.99. The summed E-state index contributed by atoms with van der Waals surface area (Å²) in [5, 5.41) is 13.9. The number of hydrogen-bond acceptors (Lipinski definition) is 4. The van der Waals surface area contributed by atoms with E-state index in [0.29, 0.717) is 0 Å². The Morgan fingerprint density at radius 1 is 1.44 bits per heavy atom. The van der Waals surface area contributed by atoms with Crippen LogP contribution in [0.3, 0.4) is 0 Å². The molecule has 0 bridgehead atoms.